The van der Waals surface area contributed by atoms with E-state index in [2.05, 4.69) is 72.8 Å². The molecule has 11 rings (SSSR count). The van der Waals surface area contributed by atoms with Crippen LogP contribution in [0.5, 0.6) is 0 Å². The van der Waals surface area contributed by atoms with E-state index in [0.29, 0.717) is 0 Å². The van der Waals surface area contributed by atoms with Crippen LogP contribution in [0, 0.1) is 0 Å². The van der Waals surface area contributed by atoms with Crippen LogP contribution in [-0.2, 0) is 12.8 Å². The summed E-state index contributed by atoms with van der Waals surface area (Å²) in [4.78, 5) is 29.6. The molecule has 0 amide bonds. The van der Waals surface area contributed by atoms with Crippen LogP contribution in [0.1, 0.15) is 22.3 Å². The monoisotopic (exact) mass is 612 g/mol. The van der Waals surface area contributed by atoms with Crippen LogP contribution in [0.25, 0.3) is 65.2 Å². The van der Waals surface area contributed by atoms with E-state index in [1.165, 1.54) is 32.7 Å². The quantitative estimate of drug-likeness (QED) is 0.144. The molecule has 6 nitrogen and oxygen atoms in total. The average Bonchev–Trinajstić information content (AvgIpc) is 3.80. The molecule has 0 saturated carbocycles. The summed E-state index contributed by atoms with van der Waals surface area (Å²) in [6, 6.07) is 34.2. The van der Waals surface area contributed by atoms with E-state index in [4.69, 9.17) is 29.9 Å². The SMILES string of the molecule is c1cc(C2=Nc3c(c4cccnc4c4cccnc34)C2)c2cc3cccc(C4=Nc5c(c6cccnc6c6cccnc56)C4)c3cc2c1. The number of fused-ring (bicyclic) bond motifs is 14. The number of hydrogen-bond acceptors (Lipinski definition) is 6. The number of nitrogens with zero attached hydrogens (tertiary/aromatic N) is 6. The summed E-state index contributed by atoms with van der Waals surface area (Å²) < 4.78 is 0. The molecule has 48 heavy (non-hydrogen) atoms. The van der Waals surface area contributed by atoms with Gasteiger partial charge in [-0.3, -0.25) is 19.9 Å². The molecule has 0 N–H and O–H groups in total. The fourth-order valence-electron chi connectivity index (χ4n) is 7.99. The smallest absolute Gasteiger partial charge is 0.0983 e. The van der Waals surface area contributed by atoms with Crippen LogP contribution in [0.2, 0.25) is 0 Å². The molecule has 2 aliphatic heterocycles. The van der Waals surface area contributed by atoms with Crippen molar-refractivity contribution in [1.82, 2.24) is 19.9 Å². The van der Waals surface area contributed by atoms with Gasteiger partial charge in [0.2, 0.25) is 0 Å². The fourth-order valence-corrected chi connectivity index (χ4v) is 7.99. The van der Waals surface area contributed by atoms with Crippen molar-refractivity contribution in [2.24, 2.45) is 9.98 Å². The van der Waals surface area contributed by atoms with Crippen molar-refractivity contribution in [2.45, 2.75) is 12.8 Å². The van der Waals surface area contributed by atoms with Gasteiger partial charge in [-0.05, 0) is 81.2 Å². The first kappa shape index (κ1) is 25.8. The van der Waals surface area contributed by atoms with Crippen molar-refractivity contribution >= 4 is 88.0 Å². The van der Waals surface area contributed by atoms with Gasteiger partial charge in [-0.1, -0.05) is 48.5 Å². The van der Waals surface area contributed by atoms with Crippen LogP contribution in [-0.4, -0.2) is 31.4 Å². The molecular formula is C42H24N6. The Morgan fingerprint density at radius 3 is 1.25 bits per heavy atom. The zero-order valence-corrected chi connectivity index (χ0v) is 25.6. The lowest BCUT2D eigenvalue weighted by Gasteiger charge is -2.12. The van der Waals surface area contributed by atoms with Gasteiger partial charge in [0.15, 0.2) is 0 Å². The van der Waals surface area contributed by atoms with Gasteiger partial charge in [0, 0.05) is 70.3 Å². The van der Waals surface area contributed by atoms with Gasteiger partial charge in [-0.25, -0.2) is 9.98 Å². The second-order valence-corrected chi connectivity index (χ2v) is 12.6. The van der Waals surface area contributed by atoms with Gasteiger partial charge in [0.1, 0.15) is 0 Å². The van der Waals surface area contributed by atoms with Crippen molar-refractivity contribution < 1.29 is 0 Å². The lowest BCUT2D eigenvalue weighted by molar-refractivity contribution is 1.36. The summed E-state index contributed by atoms with van der Waals surface area (Å²) in [6.45, 7) is 0. The third-order valence-corrected chi connectivity index (χ3v) is 10.1. The topological polar surface area (TPSA) is 76.3 Å². The molecule has 222 valence electrons. The number of benzene rings is 5. The van der Waals surface area contributed by atoms with Gasteiger partial charge in [-0.15, -0.1) is 0 Å². The molecule has 6 heteroatoms. The van der Waals surface area contributed by atoms with Crippen LogP contribution in [0.3, 0.4) is 0 Å². The highest BCUT2D eigenvalue weighted by molar-refractivity contribution is 6.24. The standard InChI is InChI=1S/C42H24N6/c1-7-23-19-32-24(8-2-10-26(32)36-22-34-28-12-4-16-44-38(28)30-14-6-18-46-40(30)42(34)48-36)20-31(23)25(9-1)35-21-33-27-11-3-15-43-37(27)29-13-5-17-45-39(29)41(33)47-35/h1-20H,21-22H2. The summed E-state index contributed by atoms with van der Waals surface area (Å²) >= 11 is 0. The Balaban J connectivity index is 1.07. The molecule has 0 saturated heterocycles. The molecule has 0 aliphatic carbocycles. The normalized spacial score (nSPS) is 13.9. The summed E-state index contributed by atoms with van der Waals surface area (Å²) in [5.74, 6) is 0. The minimum atomic E-state index is 0.737. The maximum atomic E-state index is 5.28. The third-order valence-electron chi connectivity index (χ3n) is 10.1. The van der Waals surface area contributed by atoms with Crippen molar-refractivity contribution in [3.63, 3.8) is 0 Å². The van der Waals surface area contributed by atoms with Crippen molar-refractivity contribution in [1.29, 1.82) is 0 Å². The average molecular weight is 613 g/mol. The van der Waals surface area contributed by atoms with Gasteiger partial charge >= 0.3 is 0 Å². The number of aliphatic imine (C=N–C) groups is 2. The molecule has 0 atom stereocenters. The molecule has 5 aromatic carbocycles. The van der Waals surface area contributed by atoms with Crippen molar-refractivity contribution in [3.05, 3.63) is 144 Å². The Kier molecular flexibility index (Phi) is 5.13. The Morgan fingerprint density at radius 1 is 0.375 bits per heavy atom. The highest BCUT2D eigenvalue weighted by Gasteiger charge is 2.26. The first-order valence-electron chi connectivity index (χ1n) is 16.2. The number of hydrogen-bond donors (Lipinski definition) is 0. The maximum Gasteiger partial charge on any atom is 0.0983 e. The van der Waals surface area contributed by atoms with E-state index in [1.54, 1.807) is 0 Å². The van der Waals surface area contributed by atoms with E-state index in [9.17, 15) is 0 Å². The predicted molar refractivity (Wildman–Crippen MR) is 195 cm³/mol. The second kappa shape index (κ2) is 9.56. The molecule has 0 unspecified atom stereocenters. The molecule has 2 aliphatic rings. The molecule has 4 aromatic heterocycles. The third kappa shape index (κ3) is 3.51. The van der Waals surface area contributed by atoms with Gasteiger partial charge < -0.3 is 0 Å². The van der Waals surface area contributed by atoms with E-state index in [1.807, 2.05) is 49.1 Å². The van der Waals surface area contributed by atoms with E-state index in [0.717, 1.165) is 90.4 Å². The largest absolute Gasteiger partial charge is 0.256 e. The molecular weight excluding hydrogens is 589 g/mol. The Bertz CT molecular complexity index is 2760. The van der Waals surface area contributed by atoms with E-state index in [-0.39, 0.29) is 0 Å². The summed E-state index contributed by atoms with van der Waals surface area (Å²) in [5, 5.41) is 9.11. The van der Waals surface area contributed by atoms with Crippen molar-refractivity contribution in [3.8, 4) is 0 Å². The molecule has 6 heterocycles. The molecule has 0 radical (unpaired) electrons. The minimum absolute atomic E-state index is 0.737. The minimum Gasteiger partial charge on any atom is -0.256 e. The first-order chi connectivity index (χ1) is 23.8. The van der Waals surface area contributed by atoms with Gasteiger partial charge in [0.25, 0.3) is 0 Å². The number of aromatic nitrogens is 4. The zero-order chi connectivity index (χ0) is 31.3. The lowest BCUT2D eigenvalue weighted by atomic mass is 9.91. The highest BCUT2D eigenvalue weighted by Crippen LogP contribution is 2.43. The van der Waals surface area contributed by atoms with Crippen LogP contribution >= 0.6 is 0 Å². The first-order valence-corrected chi connectivity index (χ1v) is 16.2. The van der Waals surface area contributed by atoms with Gasteiger partial charge in [-0.2, -0.15) is 0 Å². The van der Waals surface area contributed by atoms with Gasteiger partial charge in [0.05, 0.1) is 44.9 Å². The van der Waals surface area contributed by atoms with E-state index >= 15 is 0 Å². The van der Waals surface area contributed by atoms with Crippen molar-refractivity contribution in [2.75, 3.05) is 0 Å². The fraction of sp³-hybridized carbons (Fsp3) is 0.0476. The van der Waals surface area contributed by atoms with Crippen LogP contribution in [0.4, 0.5) is 11.4 Å². The number of rotatable bonds is 2. The van der Waals surface area contributed by atoms with Crippen LogP contribution in [0.15, 0.2) is 132 Å². The van der Waals surface area contributed by atoms with E-state index < -0.39 is 0 Å². The lowest BCUT2D eigenvalue weighted by Crippen LogP contribution is -2.03. The van der Waals surface area contributed by atoms with Crippen LogP contribution < -0.4 is 0 Å². The Hall–Kier alpha value is -6.40. The summed E-state index contributed by atoms with van der Waals surface area (Å²) in [5.41, 5.74) is 12.5. The maximum absolute atomic E-state index is 5.28. The Morgan fingerprint density at radius 2 is 0.792 bits per heavy atom. The summed E-state index contributed by atoms with van der Waals surface area (Å²) in [7, 11) is 0. The molecule has 0 spiro atoms. The molecule has 9 aromatic rings. The zero-order valence-electron chi connectivity index (χ0n) is 25.6. The summed E-state index contributed by atoms with van der Waals surface area (Å²) in [6.07, 6.45) is 8.88. The highest BCUT2D eigenvalue weighted by atomic mass is 14.9. The molecule has 0 fully saturated rings. The number of pyridine rings is 4. The Labute approximate surface area is 274 Å². The molecule has 0 bridgehead atoms. The predicted octanol–water partition coefficient (Wildman–Crippen LogP) is 9.54. The second-order valence-electron chi connectivity index (χ2n) is 12.6.